The number of carbonyl (C=O) groups excluding carboxylic acids is 2. The number of phenolic OH excluding ortho intramolecular Hbond substituents is 1. The number of carbonyl (C=O) groups is 2. The van der Waals surface area contributed by atoms with Gasteiger partial charge in [-0.25, -0.2) is 4.57 Å². The van der Waals surface area contributed by atoms with Crippen LogP contribution in [0.25, 0.3) is 0 Å². The van der Waals surface area contributed by atoms with Gasteiger partial charge in [-0.2, -0.15) is 0 Å². The average molecular weight is 760 g/mol. The summed E-state index contributed by atoms with van der Waals surface area (Å²) >= 11 is 0. The van der Waals surface area contributed by atoms with Gasteiger partial charge in [-0.15, -0.1) is 0 Å². The van der Waals surface area contributed by atoms with Crippen LogP contribution in [0, 0.1) is 23.2 Å². The minimum absolute atomic E-state index is 0.00794. The van der Waals surface area contributed by atoms with E-state index in [1.165, 1.54) is 30.4 Å². The standard InChI is InChI=1S/C40H62N3O9P/c1-5-7-23-50-53(47,51-24-8-6-2)52-28-11-13-29-27(26-28)10-12-31-30(29)18-20-40(3)32(31)14-17-35(40)49-25-19-36(44)42-21-9-22-43-39(46)37-34(48-4)16-15-33(41)38(37)45/h13,15-16,26,28,30-32,35,45H,5-12,14,17-25,41H2,1-4H3,(H,42,44)(H,43,46). The van der Waals surface area contributed by atoms with Crippen LogP contribution in [0.4, 0.5) is 5.69 Å². The third-order valence-electron chi connectivity index (χ3n) is 11.8. The first-order valence-electron chi connectivity index (χ1n) is 19.8. The predicted octanol–water partition coefficient (Wildman–Crippen LogP) is 7.61. The first-order chi connectivity index (χ1) is 25.5. The van der Waals surface area contributed by atoms with Crippen LogP contribution in [-0.2, 0) is 27.7 Å². The zero-order chi connectivity index (χ0) is 38.0. The SMILES string of the molecule is CCCCOP(=O)(OCCCC)OC1C=C2CCC3C(CCC4(C)C(OCCC(=O)NCCCNC(=O)c5c(OC)ccc(N)c5O)CCC34)C2=CC1. The molecular formula is C40H62N3O9P. The van der Waals surface area contributed by atoms with Gasteiger partial charge in [0.25, 0.3) is 5.91 Å². The van der Waals surface area contributed by atoms with E-state index in [4.69, 9.17) is 28.8 Å². The summed E-state index contributed by atoms with van der Waals surface area (Å²) in [6.07, 6.45) is 15.8. The fourth-order valence-electron chi connectivity index (χ4n) is 8.95. The van der Waals surface area contributed by atoms with E-state index in [1.807, 2.05) is 0 Å². The van der Waals surface area contributed by atoms with Gasteiger partial charge in [0.1, 0.15) is 11.3 Å². The molecule has 3 saturated carbocycles. The Bertz CT molecular complexity index is 1520. The van der Waals surface area contributed by atoms with Crippen LogP contribution >= 0.6 is 7.82 Å². The van der Waals surface area contributed by atoms with Crippen molar-refractivity contribution in [2.24, 2.45) is 23.2 Å². The van der Waals surface area contributed by atoms with Gasteiger partial charge in [-0.1, -0.05) is 45.8 Å². The number of hydrogen-bond acceptors (Lipinski definition) is 10. The second-order valence-electron chi connectivity index (χ2n) is 15.2. The highest BCUT2D eigenvalue weighted by atomic mass is 31.2. The number of hydrogen-bond donors (Lipinski definition) is 4. The largest absolute Gasteiger partial charge is 0.505 e. The van der Waals surface area contributed by atoms with Crippen LogP contribution in [0.5, 0.6) is 11.5 Å². The van der Waals surface area contributed by atoms with Gasteiger partial charge in [0.15, 0.2) is 5.75 Å². The summed E-state index contributed by atoms with van der Waals surface area (Å²) in [7, 11) is -2.22. The number of anilines is 1. The fourth-order valence-corrected chi connectivity index (χ4v) is 10.3. The van der Waals surface area contributed by atoms with Gasteiger partial charge < -0.3 is 30.9 Å². The average Bonchev–Trinajstić information content (AvgIpc) is 3.48. The molecule has 5 N–H and O–H groups in total. The maximum Gasteiger partial charge on any atom is 0.475 e. The van der Waals surface area contributed by atoms with Crippen LogP contribution in [0.15, 0.2) is 35.4 Å². The van der Waals surface area contributed by atoms with Gasteiger partial charge in [0, 0.05) is 19.5 Å². The van der Waals surface area contributed by atoms with Crippen LogP contribution in [0.1, 0.15) is 115 Å². The van der Waals surface area contributed by atoms with Crippen molar-refractivity contribution < 1.29 is 42.3 Å². The van der Waals surface area contributed by atoms with E-state index in [2.05, 4.69) is 43.6 Å². The number of fused-ring (bicyclic) bond motifs is 5. The first kappa shape index (κ1) is 41.3. The maximum absolute atomic E-state index is 13.5. The van der Waals surface area contributed by atoms with Crippen molar-refractivity contribution in [2.45, 2.75) is 116 Å². The number of phosphoric acid groups is 1. The van der Waals surface area contributed by atoms with E-state index in [0.717, 1.165) is 64.2 Å². The summed E-state index contributed by atoms with van der Waals surface area (Å²) in [5.41, 5.74) is 8.71. The molecule has 6 unspecified atom stereocenters. The number of ether oxygens (including phenoxy) is 2. The second-order valence-corrected chi connectivity index (χ2v) is 16.9. The monoisotopic (exact) mass is 759 g/mol. The molecule has 3 fully saturated rings. The number of rotatable bonds is 20. The summed E-state index contributed by atoms with van der Waals surface area (Å²) in [4.78, 5) is 25.2. The molecule has 4 aliphatic rings. The minimum Gasteiger partial charge on any atom is -0.505 e. The Morgan fingerprint density at radius 1 is 1.00 bits per heavy atom. The highest BCUT2D eigenvalue weighted by Gasteiger charge is 2.56. The number of unbranched alkanes of at least 4 members (excludes halogenated alkanes) is 2. The number of phenols is 1. The topological polar surface area (TPSA) is 168 Å². The lowest BCUT2D eigenvalue weighted by Gasteiger charge is -2.52. The molecule has 12 nitrogen and oxygen atoms in total. The quantitative estimate of drug-likeness (QED) is 0.0450. The molecule has 0 saturated heterocycles. The van der Waals surface area contributed by atoms with Crippen molar-refractivity contribution in [3.05, 3.63) is 41.0 Å². The van der Waals surface area contributed by atoms with Crippen LogP contribution in [-0.4, -0.2) is 69.1 Å². The third-order valence-corrected chi connectivity index (χ3v) is 13.3. The van der Waals surface area contributed by atoms with Gasteiger partial charge in [-0.3, -0.25) is 23.2 Å². The van der Waals surface area contributed by atoms with E-state index in [9.17, 15) is 19.3 Å². The van der Waals surface area contributed by atoms with Gasteiger partial charge in [-0.05, 0) is 111 Å². The van der Waals surface area contributed by atoms with Crippen LogP contribution in [0.3, 0.4) is 0 Å². The Morgan fingerprint density at radius 2 is 1.74 bits per heavy atom. The summed E-state index contributed by atoms with van der Waals surface area (Å²) in [6.45, 7) is 8.38. The number of aromatic hydroxyl groups is 1. The molecule has 53 heavy (non-hydrogen) atoms. The lowest BCUT2D eigenvalue weighted by atomic mass is 9.54. The molecule has 0 spiro atoms. The van der Waals surface area contributed by atoms with Crippen molar-refractivity contribution in [1.29, 1.82) is 0 Å². The van der Waals surface area contributed by atoms with E-state index in [-0.39, 0.29) is 52.7 Å². The molecule has 0 aromatic heterocycles. The van der Waals surface area contributed by atoms with E-state index in [1.54, 1.807) is 0 Å². The summed E-state index contributed by atoms with van der Waals surface area (Å²) in [6, 6.07) is 3.01. The summed E-state index contributed by atoms with van der Waals surface area (Å²) in [5, 5.41) is 15.9. The molecule has 1 aromatic carbocycles. The Balaban J connectivity index is 1.04. The summed E-state index contributed by atoms with van der Waals surface area (Å²) in [5.74, 6) is 1.06. The number of nitrogen functional groups attached to an aromatic ring is 1. The highest BCUT2D eigenvalue weighted by Crippen LogP contribution is 2.62. The third kappa shape index (κ3) is 10.1. The zero-order valence-corrected chi connectivity index (χ0v) is 33.1. The minimum atomic E-state index is -3.64. The highest BCUT2D eigenvalue weighted by molar-refractivity contribution is 7.48. The van der Waals surface area contributed by atoms with Crippen molar-refractivity contribution in [3.8, 4) is 11.5 Å². The van der Waals surface area contributed by atoms with Gasteiger partial charge >= 0.3 is 7.82 Å². The number of benzene rings is 1. The smallest absolute Gasteiger partial charge is 0.475 e. The number of amides is 2. The van der Waals surface area contributed by atoms with Crippen molar-refractivity contribution in [2.75, 3.05) is 45.8 Å². The van der Waals surface area contributed by atoms with Crippen LogP contribution in [0.2, 0.25) is 0 Å². The molecule has 0 heterocycles. The molecule has 6 atom stereocenters. The normalized spacial score (nSPS) is 26.5. The lowest BCUT2D eigenvalue weighted by Crippen LogP contribution is -2.46. The molecular weight excluding hydrogens is 697 g/mol. The van der Waals surface area contributed by atoms with Crippen molar-refractivity contribution in [1.82, 2.24) is 10.6 Å². The van der Waals surface area contributed by atoms with Gasteiger partial charge in [0.05, 0.1) is 44.8 Å². The Labute approximate surface area is 315 Å². The molecule has 2 amide bonds. The van der Waals surface area contributed by atoms with Crippen molar-refractivity contribution in [3.63, 3.8) is 0 Å². The molecule has 5 rings (SSSR count). The molecule has 0 bridgehead atoms. The molecule has 0 aliphatic heterocycles. The number of nitrogens with two attached hydrogens (primary N) is 1. The van der Waals surface area contributed by atoms with Crippen LogP contribution < -0.4 is 21.1 Å². The number of allylic oxidation sites excluding steroid dienone is 2. The first-order valence-corrected chi connectivity index (χ1v) is 21.3. The number of methoxy groups -OCH3 is 1. The molecule has 296 valence electrons. The van der Waals surface area contributed by atoms with E-state index in [0.29, 0.717) is 63.5 Å². The Morgan fingerprint density at radius 3 is 2.45 bits per heavy atom. The molecule has 0 radical (unpaired) electrons. The predicted molar refractivity (Wildman–Crippen MR) is 205 cm³/mol. The summed E-state index contributed by atoms with van der Waals surface area (Å²) < 4.78 is 42.7. The number of phosphoric ester groups is 1. The number of nitrogens with one attached hydrogen (secondary N) is 2. The Hall–Kier alpha value is -2.89. The van der Waals surface area contributed by atoms with E-state index < -0.39 is 13.7 Å². The second kappa shape index (κ2) is 19.1. The Kier molecular flexibility index (Phi) is 14.9. The lowest BCUT2D eigenvalue weighted by molar-refractivity contribution is -0.124. The maximum atomic E-state index is 13.5. The fraction of sp³-hybridized carbons (Fsp3) is 0.700. The zero-order valence-electron chi connectivity index (χ0n) is 32.2. The molecule has 13 heteroatoms. The molecule has 1 aromatic rings. The van der Waals surface area contributed by atoms with Gasteiger partial charge in [0.2, 0.25) is 5.91 Å². The molecule has 4 aliphatic carbocycles. The van der Waals surface area contributed by atoms with E-state index >= 15 is 0 Å². The van der Waals surface area contributed by atoms with Crippen molar-refractivity contribution >= 4 is 25.3 Å².